The number of anilines is 1. The second kappa shape index (κ2) is 5.54. The number of fused-ring (bicyclic) bond motifs is 1. The van der Waals surface area contributed by atoms with Crippen LogP contribution >= 0.6 is 0 Å². The Bertz CT molecular complexity index is 950. The quantitative estimate of drug-likeness (QED) is 0.926. The summed E-state index contributed by atoms with van der Waals surface area (Å²) in [4.78, 5) is 25.4. The maximum absolute atomic E-state index is 15.3. The van der Waals surface area contributed by atoms with Gasteiger partial charge >= 0.3 is 5.97 Å². The molecule has 0 bridgehead atoms. The Morgan fingerprint density at radius 1 is 1.28 bits per heavy atom. The highest BCUT2D eigenvalue weighted by molar-refractivity contribution is 5.88. The highest BCUT2D eigenvalue weighted by atomic mass is 19.1. The molecule has 1 unspecified atom stereocenters. The standard InChI is InChI=1S/C18H18F2N2O3/c1-9-4-5-21(7-9)16-13(19)8-22-15(14(16)20)11(10-2-3-10)6-12(17(22)23)18(24)25/h6,8-10H,2-5,7H2,1H3,(H,24,25). The van der Waals surface area contributed by atoms with Crippen LogP contribution in [0.4, 0.5) is 14.5 Å². The lowest BCUT2D eigenvalue weighted by molar-refractivity contribution is 0.0694. The van der Waals surface area contributed by atoms with Crippen LogP contribution in [0.15, 0.2) is 17.1 Å². The van der Waals surface area contributed by atoms with E-state index in [9.17, 15) is 19.1 Å². The van der Waals surface area contributed by atoms with Gasteiger partial charge in [0.2, 0.25) is 0 Å². The number of carboxylic acids is 1. The lowest BCUT2D eigenvalue weighted by Crippen LogP contribution is -2.27. The first-order valence-electron chi connectivity index (χ1n) is 8.44. The van der Waals surface area contributed by atoms with Crippen LogP contribution in [0, 0.1) is 17.6 Å². The van der Waals surface area contributed by atoms with Gasteiger partial charge in [0.25, 0.3) is 5.56 Å². The molecule has 1 aliphatic carbocycles. The molecular weight excluding hydrogens is 330 g/mol. The van der Waals surface area contributed by atoms with E-state index in [1.165, 1.54) is 6.07 Å². The van der Waals surface area contributed by atoms with Crippen molar-refractivity contribution in [1.82, 2.24) is 4.40 Å². The zero-order valence-electron chi connectivity index (χ0n) is 13.8. The first-order chi connectivity index (χ1) is 11.9. The molecule has 2 aliphatic rings. The minimum atomic E-state index is -1.39. The Hall–Kier alpha value is -2.44. The van der Waals surface area contributed by atoms with Crippen LogP contribution in [0.3, 0.4) is 0 Å². The van der Waals surface area contributed by atoms with Gasteiger partial charge in [-0.25, -0.2) is 13.6 Å². The average molecular weight is 348 g/mol. The third-order valence-electron chi connectivity index (χ3n) is 5.14. The van der Waals surface area contributed by atoms with Crippen LogP contribution in [0.1, 0.15) is 48.0 Å². The normalized spacial score (nSPS) is 20.4. The van der Waals surface area contributed by atoms with Crippen molar-refractivity contribution in [2.75, 3.05) is 18.0 Å². The maximum atomic E-state index is 15.3. The summed E-state index contributed by atoms with van der Waals surface area (Å²) >= 11 is 0. The van der Waals surface area contributed by atoms with E-state index < -0.39 is 28.7 Å². The molecular formula is C18H18F2N2O3. The molecule has 1 saturated carbocycles. The summed E-state index contributed by atoms with van der Waals surface area (Å²) < 4.78 is 30.7. The fourth-order valence-corrected chi connectivity index (χ4v) is 3.69. The molecule has 0 amide bonds. The first-order valence-corrected chi connectivity index (χ1v) is 8.44. The smallest absolute Gasteiger partial charge is 0.341 e. The van der Waals surface area contributed by atoms with Gasteiger partial charge in [-0.1, -0.05) is 6.92 Å². The molecule has 7 heteroatoms. The van der Waals surface area contributed by atoms with Crippen LogP contribution in [0.25, 0.3) is 5.52 Å². The Labute approximate surface area is 142 Å². The summed E-state index contributed by atoms with van der Waals surface area (Å²) in [5, 5.41) is 9.24. The van der Waals surface area contributed by atoms with E-state index in [4.69, 9.17) is 0 Å². The van der Waals surface area contributed by atoms with E-state index in [1.54, 1.807) is 4.90 Å². The zero-order valence-corrected chi connectivity index (χ0v) is 13.8. The van der Waals surface area contributed by atoms with Crippen LogP contribution < -0.4 is 10.5 Å². The molecule has 1 aliphatic heterocycles. The Morgan fingerprint density at radius 2 is 2.00 bits per heavy atom. The van der Waals surface area contributed by atoms with E-state index in [0.717, 1.165) is 29.9 Å². The van der Waals surface area contributed by atoms with Crippen LogP contribution in [0.2, 0.25) is 0 Å². The number of carboxylic acid groups (broad SMARTS) is 1. The van der Waals surface area contributed by atoms with Gasteiger partial charge < -0.3 is 10.0 Å². The summed E-state index contributed by atoms with van der Waals surface area (Å²) in [6, 6.07) is 1.26. The van der Waals surface area contributed by atoms with E-state index in [2.05, 4.69) is 0 Å². The fourth-order valence-electron chi connectivity index (χ4n) is 3.69. The van der Waals surface area contributed by atoms with E-state index >= 15 is 4.39 Å². The van der Waals surface area contributed by atoms with Gasteiger partial charge in [0, 0.05) is 13.1 Å². The molecule has 4 rings (SSSR count). The van der Waals surface area contributed by atoms with Crippen molar-refractivity contribution in [1.29, 1.82) is 0 Å². The van der Waals surface area contributed by atoms with Gasteiger partial charge in [0.1, 0.15) is 11.3 Å². The third kappa shape index (κ3) is 2.49. The van der Waals surface area contributed by atoms with Crippen molar-refractivity contribution in [3.63, 3.8) is 0 Å². The predicted molar refractivity (Wildman–Crippen MR) is 88.5 cm³/mol. The van der Waals surface area contributed by atoms with Crippen molar-refractivity contribution in [3.8, 4) is 0 Å². The van der Waals surface area contributed by atoms with Gasteiger partial charge in [-0.2, -0.15) is 0 Å². The number of rotatable bonds is 3. The van der Waals surface area contributed by atoms with Crippen LogP contribution in [-0.4, -0.2) is 28.6 Å². The topological polar surface area (TPSA) is 62.0 Å². The molecule has 25 heavy (non-hydrogen) atoms. The maximum Gasteiger partial charge on any atom is 0.341 e. The number of nitrogens with zero attached hydrogens (tertiary/aromatic N) is 2. The molecule has 2 fully saturated rings. The molecule has 0 aromatic carbocycles. The molecule has 2 aromatic rings. The molecule has 132 valence electrons. The summed E-state index contributed by atoms with van der Waals surface area (Å²) in [6.45, 7) is 3.14. The number of halogens is 2. The minimum absolute atomic E-state index is 0.00783. The van der Waals surface area contributed by atoms with Gasteiger partial charge in [-0.3, -0.25) is 9.20 Å². The van der Waals surface area contributed by atoms with Crippen molar-refractivity contribution >= 4 is 17.2 Å². The SMILES string of the molecule is CC1CCN(c2c(F)cn3c(=O)c(C(=O)O)cc(C4CC4)c3c2F)C1. The first kappa shape index (κ1) is 16.1. The number of hydrogen-bond acceptors (Lipinski definition) is 3. The monoisotopic (exact) mass is 348 g/mol. The highest BCUT2D eigenvalue weighted by Crippen LogP contribution is 2.43. The fraction of sp³-hybridized carbons (Fsp3) is 0.444. The molecule has 1 atom stereocenters. The van der Waals surface area contributed by atoms with Crippen molar-refractivity contribution in [3.05, 3.63) is 45.4 Å². The number of pyridine rings is 2. The number of hydrogen-bond donors (Lipinski definition) is 1. The average Bonchev–Trinajstić information content (AvgIpc) is 3.30. The van der Waals surface area contributed by atoms with Crippen molar-refractivity contribution in [2.24, 2.45) is 5.92 Å². The second-order valence-corrected chi connectivity index (χ2v) is 7.10. The lowest BCUT2D eigenvalue weighted by atomic mass is 10.1. The van der Waals surface area contributed by atoms with Crippen LogP contribution in [0.5, 0.6) is 0 Å². The summed E-state index contributed by atoms with van der Waals surface area (Å²) in [6.07, 6.45) is 3.39. The molecule has 0 spiro atoms. The van der Waals surface area contributed by atoms with Crippen molar-refractivity contribution in [2.45, 2.75) is 32.1 Å². The predicted octanol–water partition coefficient (Wildman–Crippen LogP) is 3.00. The summed E-state index contributed by atoms with van der Waals surface area (Å²) in [5.74, 6) is -2.65. The van der Waals surface area contributed by atoms with Gasteiger partial charge in [-0.05, 0) is 42.7 Å². The Balaban J connectivity index is 2.03. The van der Waals surface area contributed by atoms with E-state index in [0.29, 0.717) is 24.6 Å². The summed E-state index contributed by atoms with van der Waals surface area (Å²) in [5.41, 5.74) is -1.00. The van der Waals surface area contributed by atoms with E-state index in [-0.39, 0.29) is 17.1 Å². The van der Waals surface area contributed by atoms with Gasteiger partial charge in [0.15, 0.2) is 11.6 Å². The minimum Gasteiger partial charge on any atom is -0.477 e. The molecule has 1 N–H and O–H groups in total. The number of aromatic carboxylic acids is 1. The molecule has 3 heterocycles. The molecule has 5 nitrogen and oxygen atoms in total. The van der Waals surface area contributed by atoms with Gasteiger partial charge in [0.05, 0.1) is 11.7 Å². The Kier molecular flexibility index (Phi) is 3.56. The number of carbonyl (C=O) groups is 1. The summed E-state index contributed by atoms with van der Waals surface area (Å²) in [7, 11) is 0. The molecule has 2 aromatic heterocycles. The third-order valence-corrected chi connectivity index (χ3v) is 5.14. The molecule has 1 saturated heterocycles. The largest absolute Gasteiger partial charge is 0.477 e. The number of aromatic nitrogens is 1. The van der Waals surface area contributed by atoms with E-state index in [1.807, 2.05) is 6.92 Å². The second-order valence-electron chi connectivity index (χ2n) is 7.10. The van der Waals surface area contributed by atoms with Gasteiger partial charge in [-0.15, -0.1) is 0 Å². The highest BCUT2D eigenvalue weighted by Gasteiger charge is 2.33. The molecule has 0 radical (unpaired) electrons. The lowest BCUT2D eigenvalue weighted by Gasteiger charge is -2.22. The Morgan fingerprint density at radius 3 is 2.56 bits per heavy atom. The zero-order chi connectivity index (χ0) is 17.9. The van der Waals surface area contributed by atoms with Crippen LogP contribution in [-0.2, 0) is 0 Å². The van der Waals surface area contributed by atoms with Crippen molar-refractivity contribution < 1.29 is 18.7 Å².